The van der Waals surface area contributed by atoms with Gasteiger partial charge in [0.25, 0.3) is 0 Å². The first-order valence-corrected chi connectivity index (χ1v) is 8.24. The number of halogens is 2. The van der Waals surface area contributed by atoms with Crippen molar-refractivity contribution < 1.29 is 8.78 Å². The first kappa shape index (κ1) is 15.1. The van der Waals surface area contributed by atoms with Gasteiger partial charge in [0, 0.05) is 36.9 Å². The molecule has 1 aromatic carbocycles. The zero-order valence-corrected chi connectivity index (χ0v) is 13.4. The molecular weight excluding hydrogens is 310 g/mol. The van der Waals surface area contributed by atoms with Crippen LogP contribution in [0.5, 0.6) is 0 Å². The molecule has 2 aromatic rings. The van der Waals surface area contributed by atoms with Crippen molar-refractivity contribution in [2.75, 3.05) is 4.90 Å². The van der Waals surface area contributed by atoms with Crippen LogP contribution in [0.25, 0.3) is 0 Å². The summed E-state index contributed by atoms with van der Waals surface area (Å²) in [7, 11) is 1.93. The number of nitriles is 1. The quantitative estimate of drug-likeness (QED) is 0.848. The second kappa shape index (κ2) is 5.59. The van der Waals surface area contributed by atoms with E-state index in [1.807, 2.05) is 22.7 Å². The molecule has 2 fully saturated rings. The van der Waals surface area contributed by atoms with Crippen LogP contribution >= 0.6 is 0 Å². The van der Waals surface area contributed by atoms with Gasteiger partial charge >= 0.3 is 0 Å². The molecule has 0 N–H and O–H groups in total. The van der Waals surface area contributed by atoms with Crippen LogP contribution in [-0.2, 0) is 7.05 Å². The fourth-order valence-electron chi connectivity index (χ4n) is 4.44. The summed E-state index contributed by atoms with van der Waals surface area (Å²) < 4.78 is 30.8. The number of anilines is 1. The normalized spacial score (nSPS) is 25.8. The number of hydrogen-bond acceptors (Lipinski definition) is 3. The Labute approximate surface area is 139 Å². The lowest BCUT2D eigenvalue weighted by atomic mass is 9.87. The number of nitrogens with zero attached hydrogens (tertiary/aromatic N) is 4. The summed E-state index contributed by atoms with van der Waals surface area (Å²) in [6, 6.07) is 6.34. The minimum Gasteiger partial charge on any atom is -0.361 e. The Hall–Kier alpha value is -2.42. The summed E-state index contributed by atoms with van der Waals surface area (Å²) in [4.78, 5) is 1.92. The van der Waals surface area contributed by atoms with Crippen LogP contribution in [0.15, 0.2) is 24.4 Å². The third kappa shape index (κ3) is 2.27. The van der Waals surface area contributed by atoms with Crippen molar-refractivity contribution in [3.8, 4) is 6.07 Å². The maximum absolute atomic E-state index is 14.4. The molecule has 4 rings (SSSR count). The second-order valence-electron chi connectivity index (χ2n) is 6.74. The first-order valence-electron chi connectivity index (χ1n) is 8.24. The summed E-state index contributed by atoms with van der Waals surface area (Å²) in [5, 5.41) is 13.1. The molecule has 124 valence electrons. The molecule has 2 aliphatic rings. The van der Waals surface area contributed by atoms with Crippen LogP contribution in [-0.4, -0.2) is 21.9 Å². The van der Waals surface area contributed by atoms with Gasteiger partial charge in [0.2, 0.25) is 0 Å². The molecule has 2 aliphatic heterocycles. The van der Waals surface area contributed by atoms with Gasteiger partial charge in [-0.2, -0.15) is 10.4 Å². The van der Waals surface area contributed by atoms with Crippen LogP contribution in [0.3, 0.4) is 0 Å². The van der Waals surface area contributed by atoms with Crippen LogP contribution in [0, 0.1) is 23.0 Å². The van der Waals surface area contributed by atoms with Crippen molar-refractivity contribution in [3.63, 3.8) is 0 Å². The lowest BCUT2D eigenvalue weighted by Crippen LogP contribution is -2.43. The minimum atomic E-state index is -0.637. The second-order valence-corrected chi connectivity index (χ2v) is 6.74. The summed E-state index contributed by atoms with van der Waals surface area (Å²) >= 11 is 0. The van der Waals surface area contributed by atoms with Gasteiger partial charge in [0.1, 0.15) is 5.69 Å². The molecule has 3 heterocycles. The smallest absolute Gasteiger partial charge is 0.150 e. The number of aryl methyl sites for hydroxylation is 1. The van der Waals surface area contributed by atoms with Crippen molar-refractivity contribution in [2.45, 2.75) is 43.7 Å². The molecular formula is C18H18F2N4. The lowest BCUT2D eigenvalue weighted by molar-refractivity contribution is 0.391. The predicted molar refractivity (Wildman–Crippen MR) is 85.5 cm³/mol. The van der Waals surface area contributed by atoms with Crippen LogP contribution in [0.2, 0.25) is 0 Å². The van der Waals surface area contributed by atoms with Gasteiger partial charge < -0.3 is 4.90 Å². The van der Waals surface area contributed by atoms with E-state index in [0.717, 1.165) is 37.8 Å². The Morgan fingerprint density at radius 3 is 2.29 bits per heavy atom. The summed E-state index contributed by atoms with van der Waals surface area (Å²) in [5.74, 6) is -0.902. The van der Waals surface area contributed by atoms with Gasteiger partial charge in [-0.1, -0.05) is 0 Å². The fraction of sp³-hybridized carbons (Fsp3) is 0.444. The molecule has 0 radical (unpaired) electrons. The largest absolute Gasteiger partial charge is 0.361 e. The number of benzene rings is 1. The minimum absolute atomic E-state index is 0.0193. The van der Waals surface area contributed by atoms with Crippen molar-refractivity contribution in [2.24, 2.45) is 7.05 Å². The standard InChI is InChI=1S/C18H18F2N4/c1-23-17(4-5-22-23)12-8-13-2-3-14(9-12)24(13)18-15(19)6-11(10-21)7-16(18)20/h4-7,12-14H,2-3,8-9H2,1H3. The molecule has 2 atom stereocenters. The number of piperidine rings is 1. The van der Waals surface area contributed by atoms with E-state index < -0.39 is 11.6 Å². The molecule has 0 spiro atoms. The molecule has 2 saturated heterocycles. The Kier molecular flexibility index (Phi) is 3.52. The Bertz CT molecular complexity index is 786. The predicted octanol–water partition coefficient (Wildman–Crippen LogP) is 3.48. The van der Waals surface area contributed by atoms with Crippen molar-refractivity contribution in [1.29, 1.82) is 5.26 Å². The maximum atomic E-state index is 14.4. The zero-order chi connectivity index (χ0) is 16.8. The molecule has 2 bridgehead atoms. The van der Waals surface area contributed by atoms with Gasteiger partial charge in [-0.05, 0) is 43.9 Å². The Morgan fingerprint density at radius 1 is 1.17 bits per heavy atom. The highest BCUT2D eigenvalue weighted by Gasteiger charge is 2.43. The molecule has 0 saturated carbocycles. The third-order valence-corrected chi connectivity index (χ3v) is 5.41. The van der Waals surface area contributed by atoms with E-state index >= 15 is 0 Å². The molecule has 4 nitrogen and oxygen atoms in total. The van der Waals surface area contributed by atoms with Gasteiger partial charge in [-0.15, -0.1) is 0 Å². The first-order chi connectivity index (χ1) is 11.6. The number of fused-ring (bicyclic) bond motifs is 2. The van der Waals surface area contributed by atoms with E-state index in [-0.39, 0.29) is 23.3 Å². The number of rotatable bonds is 2. The van der Waals surface area contributed by atoms with E-state index in [9.17, 15) is 8.78 Å². The number of aromatic nitrogens is 2. The average molecular weight is 328 g/mol. The van der Waals surface area contributed by atoms with E-state index in [1.165, 1.54) is 5.69 Å². The van der Waals surface area contributed by atoms with Gasteiger partial charge in [0.15, 0.2) is 11.6 Å². The molecule has 24 heavy (non-hydrogen) atoms. The highest BCUT2D eigenvalue weighted by Crippen LogP contribution is 2.46. The van der Waals surface area contributed by atoms with E-state index in [0.29, 0.717) is 5.92 Å². The summed E-state index contributed by atoms with van der Waals surface area (Å²) in [6.07, 6.45) is 5.42. The highest BCUT2D eigenvalue weighted by atomic mass is 19.1. The van der Waals surface area contributed by atoms with Crippen molar-refractivity contribution in [1.82, 2.24) is 9.78 Å². The monoisotopic (exact) mass is 328 g/mol. The van der Waals surface area contributed by atoms with Gasteiger partial charge in [-0.3, -0.25) is 4.68 Å². The fourth-order valence-corrected chi connectivity index (χ4v) is 4.44. The van der Waals surface area contributed by atoms with Crippen LogP contribution < -0.4 is 4.90 Å². The Balaban J connectivity index is 1.66. The van der Waals surface area contributed by atoms with Gasteiger partial charge in [-0.25, -0.2) is 8.78 Å². The van der Waals surface area contributed by atoms with E-state index in [1.54, 1.807) is 12.3 Å². The van der Waals surface area contributed by atoms with E-state index in [2.05, 4.69) is 5.10 Å². The highest BCUT2D eigenvalue weighted by molar-refractivity contribution is 5.56. The van der Waals surface area contributed by atoms with Crippen molar-refractivity contribution in [3.05, 3.63) is 47.3 Å². The molecule has 6 heteroatoms. The molecule has 0 amide bonds. The number of hydrogen-bond donors (Lipinski definition) is 0. The summed E-state index contributed by atoms with van der Waals surface area (Å²) in [5.41, 5.74) is 1.24. The lowest BCUT2D eigenvalue weighted by Gasteiger charge is -2.40. The van der Waals surface area contributed by atoms with Gasteiger partial charge in [0.05, 0.1) is 11.6 Å². The SMILES string of the molecule is Cn1nccc1C1CC2CCC(C1)N2c1c(F)cc(C#N)cc1F. The molecule has 2 unspecified atom stereocenters. The van der Waals surface area contributed by atoms with Crippen LogP contribution in [0.4, 0.5) is 14.5 Å². The topological polar surface area (TPSA) is 44.9 Å². The summed E-state index contributed by atoms with van der Waals surface area (Å²) in [6.45, 7) is 0. The van der Waals surface area contributed by atoms with Crippen molar-refractivity contribution >= 4 is 5.69 Å². The third-order valence-electron chi connectivity index (χ3n) is 5.41. The molecule has 1 aromatic heterocycles. The van der Waals surface area contributed by atoms with E-state index in [4.69, 9.17) is 5.26 Å². The average Bonchev–Trinajstić information content (AvgIpc) is 3.07. The van der Waals surface area contributed by atoms with Crippen LogP contribution in [0.1, 0.15) is 42.9 Å². The molecule has 0 aliphatic carbocycles. The zero-order valence-electron chi connectivity index (χ0n) is 13.4. The maximum Gasteiger partial charge on any atom is 0.150 e. The Morgan fingerprint density at radius 2 is 1.79 bits per heavy atom.